The minimum atomic E-state index is -1.61. The summed E-state index contributed by atoms with van der Waals surface area (Å²) in [6.07, 6.45) is 2.41. The molecule has 0 N–H and O–H groups in total. The van der Waals surface area contributed by atoms with Crippen molar-refractivity contribution in [2.45, 2.75) is 6.32 Å². The Labute approximate surface area is 109 Å². The topological polar surface area (TPSA) is 8.81 Å². The molecular formula is C12H13BF2N2S. The summed E-state index contributed by atoms with van der Waals surface area (Å²) in [7, 11) is 5.60. The van der Waals surface area contributed by atoms with E-state index in [1.807, 2.05) is 42.9 Å². The molecule has 0 aliphatic heterocycles. The van der Waals surface area contributed by atoms with Crippen LogP contribution >= 0.6 is 11.3 Å². The first-order valence-corrected chi connectivity index (χ1v) is 6.44. The van der Waals surface area contributed by atoms with Crippen molar-refractivity contribution in [2.24, 2.45) is 14.1 Å². The number of imidazole rings is 1. The summed E-state index contributed by atoms with van der Waals surface area (Å²) in [5, 5.41) is 3.55. The van der Waals surface area contributed by atoms with Gasteiger partial charge in [-0.3, -0.25) is 9.13 Å². The van der Waals surface area contributed by atoms with E-state index in [-0.39, 0.29) is 11.9 Å². The van der Waals surface area contributed by atoms with Gasteiger partial charge in [-0.05, 0) is 28.0 Å². The smallest absolute Gasteiger partial charge is 0.270 e. The van der Waals surface area contributed by atoms with E-state index in [1.54, 1.807) is 16.8 Å². The van der Waals surface area contributed by atoms with Gasteiger partial charge in [0.25, 0.3) is 6.08 Å². The van der Waals surface area contributed by atoms with Crippen LogP contribution in [-0.4, -0.2) is 11.8 Å². The first-order chi connectivity index (χ1) is 8.59. The summed E-state index contributed by atoms with van der Waals surface area (Å²) in [5.74, 6) is 0. The van der Waals surface area contributed by atoms with E-state index in [4.69, 9.17) is 0 Å². The van der Waals surface area contributed by atoms with Gasteiger partial charge in [0.2, 0.25) is 0 Å². The third-order valence-corrected chi connectivity index (χ3v) is 3.51. The van der Waals surface area contributed by atoms with Crippen LogP contribution in [0.1, 0.15) is 5.56 Å². The number of hydrogen-bond donors (Lipinski definition) is 0. The van der Waals surface area contributed by atoms with Crippen LogP contribution in [0.25, 0.3) is 5.57 Å². The van der Waals surface area contributed by atoms with E-state index in [0.717, 1.165) is 5.72 Å². The molecule has 0 unspecified atom stereocenters. The molecule has 0 amide bonds. The number of aromatic nitrogens is 2. The molecule has 0 aliphatic carbocycles. The van der Waals surface area contributed by atoms with Crippen LogP contribution in [0.5, 0.6) is 0 Å². The highest BCUT2D eigenvalue weighted by molar-refractivity contribution is 7.08. The van der Waals surface area contributed by atoms with Gasteiger partial charge in [-0.15, -0.1) is 0 Å². The molecule has 2 heterocycles. The molecule has 0 spiro atoms. The van der Waals surface area contributed by atoms with Gasteiger partial charge in [-0.2, -0.15) is 33.7 Å². The maximum Gasteiger partial charge on any atom is 0.270 e. The van der Waals surface area contributed by atoms with Crippen LogP contribution in [0.15, 0.2) is 35.3 Å². The van der Waals surface area contributed by atoms with Gasteiger partial charge in [0.05, 0.1) is 14.1 Å². The average molecular weight is 266 g/mol. The maximum absolute atomic E-state index is 12.9. The highest BCUT2D eigenvalue weighted by Crippen LogP contribution is 2.26. The highest BCUT2D eigenvalue weighted by Gasteiger charge is 2.07. The number of hydrogen-bond acceptors (Lipinski definition) is 1. The minimum absolute atomic E-state index is 0.0949. The molecule has 2 aromatic heterocycles. The summed E-state index contributed by atoms with van der Waals surface area (Å²) in [6.45, 7) is 0. The quantitative estimate of drug-likeness (QED) is 0.591. The number of rotatable bonds is 4. The lowest BCUT2D eigenvalue weighted by molar-refractivity contribution is -0.653. The second-order valence-corrected chi connectivity index (χ2v) is 4.82. The molecule has 0 bridgehead atoms. The molecule has 0 atom stereocenters. The van der Waals surface area contributed by atoms with Crippen LogP contribution in [0.3, 0.4) is 0 Å². The van der Waals surface area contributed by atoms with E-state index < -0.39 is 6.08 Å². The molecule has 0 saturated carbocycles. The molecular weight excluding hydrogens is 253 g/mol. The van der Waals surface area contributed by atoms with Gasteiger partial charge in [0, 0.05) is 5.72 Å². The van der Waals surface area contributed by atoms with Gasteiger partial charge >= 0.3 is 0 Å². The van der Waals surface area contributed by atoms with Gasteiger partial charge in [-0.1, -0.05) is 0 Å². The zero-order chi connectivity index (χ0) is 13.1. The van der Waals surface area contributed by atoms with Crippen molar-refractivity contribution >= 4 is 29.9 Å². The van der Waals surface area contributed by atoms with Crippen molar-refractivity contribution in [1.29, 1.82) is 0 Å². The third-order valence-electron chi connectivity index (χ3n) is 2.82. The number of allylic oxidation sites excluding steroid dienone is 1. The van der Waals surface area contributed by atoms with Crippen molar-refractivity contribution in [3.63, 3.8) is 0 Å². The SMILES string of the molecule is Cn1cc[n+](C)c1[B-]CC(=C(F)F)c1ccsc1. The Morgan fingerprint density at radius 1 is 1.50 bits per heavy atom. The number of halogens is 2. The first kappa shape index (κ1) is 13.0. The van der Waals surface area contributed by atoms with Crippen LogP contribution < -0.4 is 10.3 Å². The average Bonchev–Trinajstić information content (AvgIpc) is 2.93. The van der Waals surface area contributed by atoms with Gasteiger partial charge < -0.3 is 0 Å². The van der Waals surface area contributed by atoms with Gasteiger partial charge in [0.15, 0.2) is 0 Å². The van der Waals surface area contributed by atoms with Crippen molar-refractivity contribution in [3.05, 3.63) is 40.9 Å². The van der Waals surface area contributed by atoms with Crippen LogP contribution in [0.2, 0.25) is 6.32 Å². The predicted octanol–water partition coefficient (Wildman–Crippen LogP) is 1.97. The zero-order valence-electron chi connectivity index (χ0n) is 10.2. The fraction of sp³-hybridized carbons (Fsp3) is 0.250. The molecule has 0 aliphatic rings. The summed E-state index contributed by atoms with van der Waals surface area (Å²) in [5.41, 5.74) is 1.61. The Balaban J connectivity index is 2.16. The van der Waals surface area contributed by atoms with Crippen LogP contribution in [0, 0.1) is 0 Å². The molecule has 94 valence electrons. The summed E-state index contributed by atoms with van der Waals surface area (Å²) in [6, 6.07) is 1.72. The van der Waals surface area contributed by atoms with Crippen LogP contribution in [0.4, 0.5) is 8.78 Å². The van der Waals surface area contributed by atoms with Gasteiger partial charge in [-0.25, -0.2) is 0 Å². The number of nitrogens with zero attached hydrogens (tertiary/aromatic N) is 2. The largest absolute Gasteiger partial charge is 0.280 e. The Hall–Kier alpha value is -1.43. The van der Waals surface area contributed by atoms with E-state index in [1.165, 1.54) is 11.3 Å². The monoisotopic (exact) mass is 266 g/mol. The molecule has 6 heteroatoms. The minimum Gasteiger partial charge on any atom is -0.280 e. The molecule has 2 aromatic rings. The van der Waals surface area contributed by atoms with Gasteiger partial charge in [0.1, 0.15) is 12.4 Å². The normalized spacial score (nSPS) is 10.7. The zero-order valence-corrected chi connectivity index (χ0v) is 11.0. The number of aryl methyl sites for hydroxylation is 2. The highest BCUT2D eigenvalue weighted by atomic mass is 32.1. The van der Waals surface area contributed by atoms with Crippen LogP contribution in [-0.2, 0) is 14.1 Å². The van der Waals surface area contributed by atoms with Crippen molar-refractivity contribution in [1.82, 2.24) is 4.57 Å². The van der Waals surface area contributed by atoms with Crippen molar-refractivity contribution in [2.75, 3.05) is 0 Å². The van der Waals surface area contributed by atoms with E-state index in [9.17, 15) is 8.78 Å². The predicted molar refractivity (Wildman–Crippen MR) is 70.2 cm³/mol. The molecule has 2 rings (SSSR count). The molecule has 0 saturated heterocycles. The molecule has 2 nitrogen and oxygen atoms in total. The van der Waals surface area contributed by atoms with Crippen molar-refractivity contribution in [3.8, 4) is 0 Å². The molecule has 2 radical (unpaired) electrons. The second-order valence-electron chi connectivity index (χ2n) is 4.04. The lowest BCUT2D eigenvalue weighted by Gasteiger charge is -2.14. The van der Waals surface area contributed by atoms with Crippen molar-refractivity contribution < 1.29 is 13.3 Å². The standard InChI is InChI=1S/C12H13BF2N2S/c1-16-4-5-17(2)12(16)13-7-10(11(14)15)9-3-6-18-8-9/h3-6,8H,7H2,1-2H3. The summed E-state index contributed by atoms with van der Waals surface area (Å²) in [4.78, 5) is 0. The first-order valence-electron chi connectivity index (χ1n) is 5.50. The molecule has 0 aromatic carbocycles. The Bertz CT molecular complexity index is 537. The second kappa shape index (κ2) is 5.48. The van der Waals surface area contributed by atoms with E-state index >= 15 is 0 Å². The molecule has 18 heavy (non-hydrogen) atoms. The lowest BCUT2D eigenvalue weighted by atomic mass is 9.69. The molecule has 0 fully saturated rings. The Morgan fingerprint density at radius 3 is 2.78 bits per heavy atom. The third kappa shape index (κ3) is 2.69. The Morgan fingerprint density at radius 2 is 2.28 bits per heavy atom. The van der Waals surface area contributed by atoms with E-state index in [0.29, 0.717) is 5.56 Å². The number of thiophene rings is 1. The lowest BCUT2D eigenvalue weighted by Crippen LogP contribution is -2.49. The summed E-state index contributed by atoms with van der Waals surface area (Å²) < 4.78 is 29.7. The fourth-order valence-electron chi connectivity index (χ4n) is 1.82. The Kier molecular flexibility index (Phi) is 3.96. The van der Waals surface area contributed by atoms with E-state index in [2.05, 4.69) is 0 Å². The maximum atomic E-state index is 12.9. The summed E-state index contributed by atoms with van der Waals surface area (Å²) >= 11 is 1.42. The fourth-order valence-corrected chi connectivity index (χ4v) is 2.49.